The Bertz CT molecular complexity index is 1670. The highest BCUT2D eigenvalue weighted by Crippen LogP contribution is 2.34. The zero-order valence-electron chi connectivity index (χ0n) is 20.9. The van der Waals surface area contributed by atoms with Crippen LogP contribution in [0.25, 0.3) is 11.7 Å². The van der Waals surface area contributed by atoms with Crippen LogP contribution in [0.2, 0.25) is 5.02 Å². The van der Waals surface area contributed by atoms with Gasteiger partial charge in [0.15, 0.2) is 0 Å². The summed E-state index contributed by atoms with van der Waals surface area (Å²) in [6, 6.07) is 23.0. The Labute approximate surface area is 240 Å². The van der Waals surface area contributed by atoms with E-state index in [2.05, 4.69) is 9.80 Å². The average molecular weight is 574 g/mol. The maximum absolute atomic E-state index is 13.7. The number of nitrogens with zero attached hydrogens (tertiary/aromatic N) is 5. The largest absolute Gasteiger partial charge is 0.368 e. The van der Waals surface area contributed by atoms with Crippen molar-refractivity contribution >= 4 is 69.0 Å². The van der Waals surface area contributed by atoms with Crippen molar-refractivity contribution in [3.8, 4) is 0 Å². The molecule has 39 heavy (non-hydrogen) atoms. The number of benzene rings is 2. The molecule has 196 valence electrons. The number of carbonyl (C=O) groups is 1. The van der Waals surface area contributed by atoms with E-state index in [0.717, 1.165) is 24.3 Å². The van der Waals surface area contributed by atoms with Crippen molar-refractivity contribution in [2.24, 2.45) is 0 Å². The molecule has 2 aliphatic heterocycles. The van der Waals surface area contributed by atoms with Crippen LogP contribution in [0.15, 0.2) is 88.7 Å². The smallest absolute Gasteiger partial charge is 0.267 e. The molecule has 0 bridgehead atoms. The molecule has 0 radical (unpaired) electrons. The third kappa shape index (κ3) is 5.17. The van der Waals surface area contributed by atoms with E-state index in [9.17, 15) is 9.59 Å². The van der Waals surface area contributed by atoms with Gasteiger partial charge >= 0.3 is 0 Å². The van der Waals surface area contributed by atoms with E-state index in [4.69, 9.17) is 28.8 Å². The van der Waals surface area contributed by atoms with Crippen LogP contribution in [0, 0.1) is 0 Å². The van der Waals surface area contributed by atoms with E-state index in [1.807, 2.05) is 66.7 Å². The molecular formula is C29H24ClN5O2S2. The van der Waals surface area contributed by atoms with Crippen LogP contribution in [-0.4, -0.2) is 50.7 Å². The number of rotatable bonds is 5. The summed E-state index contributed by atoms with van der Waals surface area (Å²) in [5, 5.41) is 0.700. The Balaban J connectivity index is 1.33. The fourth-order valence-corrected chi connectivity index (χ4v) is 6.26. The fourth-order valence-electron chi connectivity index (χ4n) is 4.84. The molecule has 4 aromatic rings. The lowest BCUT2D eigenvalue weighted by atomic mass is 10.2. The second-order valence-electron chi connectivity index (χ2n) is 9.29. The number of hydrogen-bond acceptors (Lipinski definition) is 7. The highest BCUT2D eigenvalue weighted by Gasteiger charge is 2.33. The Kier molecular flexibility index (Phi) is 7.12. The summed E-state index contributed by atoms with van der Waals surface area (Å²) in [5.41, 5.74) is 2.77. The summed E-state index contributed by atoms with van der Waals surface area (Å²) >= 11 is 13.0. The molecular weight excluding hydrogens is 550 g/mol. The minimum absolute atomic E-state index is 0.205. The molecule has 0 atom stereocenters. The zero-order valence-corrected chi connectivity index (χ0v) is 23.3. The van der Waals surface area contributed by atoms with Gasteiger partial charge in [0, 0.05) is 43.1 Å². The first kappa shape index (κ1) is 25.6. The van der Waals surface area contributed by atoms with Gasteiger partial charge < -0.3 is 9.80 Å². The number of amides is 1. The summed E-state index contributed by atoms with van der Waals surface area (Å²) in [7, 11) is 0. The van der Waals surface area contributed by atoms with E-state index >= 15 is 0 Å². The number of carbonyl (C=O) groups excluding carboxylic acids is 1. The van der Waals surface area contributed by atoms with Gasteiger partial charge in [-0.15, -0.1) is 0 Å². The van der Waals surface area contributed by atoms with E-state index in [1.165, 1.54) is 16.2 Å². The molecule has 2 saturated heterocycles. The van der Waals surface area contributed by atoms with Crippen molar-refractivity contribution in [1.29, 1.82) is 0 Å². The highest BCUT2D eigenvalue weighted by molar-refractivity contribution is 8.26. The predicted octanol–water partition coefficient (Wildman–Crippen LogP) is 5.08. The van der Waals surface area contributed by atoms with Crippen LogP contribution in [0.3, 0.4) is 0 Å². The third-order valence-electron chi connectivity index (χ3n) is 6.83. The minimum Gasteiger partial charge on any atom is -0.368 e. The highest BCUT2D eigenvalue weighted by atomic mass is 35.5. The molecule has 1 amide bonds. The molecule has 0 N–H and O–H groups in total. The summed E-state index contributed by atoms with van der Waals surface area (Å²) in [5.74, 6) is 0.369. The number of aromatic nitrogens is 2. The van der Waals surface area contributed by atoms with Crippen molar-refractivity contribution in [1.82, 2.24) is 14.3 Å². The molecule has 0 unspecified atom stereocenters. The Morgan fingerprint density at radius 1 is 0.923 bits per heavy atom. The second kappa shape index (κ2) is 10.8. The van der Waals surface area contributed by atoms with Crippen LogP contribution in [-0.2, 0) is 11.3 Å². The summed E-state index contributed by atoms with van der Waals surface area (Å²) in [6.45, 7) is 3.20. The molecule has 2 fully saturated rings. The molecule has 2 aromatic carbocycles. The summed E-state index contributed by atoms with van der Waals surface area (Å²) < 4.78 is 1.99. The van der Waals surface area contributed by atoms with E-state index < -0.39 is 0 Å². The van der Waals surface area contributed by atoms with E-state index in [1.54, 1.807) is 23.2 Å². The number of piperazine rings is 1. The van der Waals surface area contributed by atoms with Crippen molar-refractivity contribution < 1.29 is 4.79 Å². The second-order valence-corrected chi connectivity index (χ2v) is 11.4. The number of fused-ring (bicyclic) bond motifs is 1. The standard InChI is InChI=1S/C29H24ClN5O2S2/c30-21-9-6-10-22(17-21)32-13-15-33(16-14-32)26-23(27(36)34-12-5-4-11-25(34)31-26)18-24-28(37)35(29(38)39-24)19-20-7-2-1-3-8-20/h1-12,17-18H,13-16,19H2/b24-18+. The van der Waals surface area contributed by atoms with E-state index in [0.29, 0.717) is 50.9 Å². The van der Waals surface area contributed by atoms with Gasteiger partial charge in [-0.3, -0.25) is 18.9 Å². The normalized spacial score (nSPS) is 17.1. The maximum Gasteiger partial charge on any atom is 0.267 e. The molecule has 6 rings (SSSR count). The van der Waals surface area contributed by atoms with Crippen molar-refractivity contribution in [2.45, 2.75) is 6.54 Å². The monoisotopic (exact) mass is 573 g/mol. The number of pyridine rings is 1. The van der Waals surface area contributed by atoms with Gasteiger partial charge in [0.25, 0.3) is 11.5 Å². The first-order valence-electron chi connectivity index (χ1n) is 12.5. The number of thiocarbonyl (C=S) groups is 1. The van der Waals surface area contributed by atoms with Gasteiger partial charge in [0.05, 0.1) is 17.0 Å². The van der Waals surface area contributed by atoms with Crippen LogP contribution < -0.4 is 15.4 Å². The maximum atomic E-state index is 13.7. The Hall–Kier alpha value is -3.66. The van der Waals surface area contributed by atoms with E-state index in [-0.39, 0.29) is 11.5 Å². The number of anilines is 2. The molecule has 2 aromatic heterocycles. The number of hydrogen-bond donors (Lipinski definition) is 0. The topological polar surface area (TPSA) is 61.2 Å². The minimum atomic E-state index is -0.221. The van der Waals surface area contributed by atoms with Gasteiger partial charge in [0.1, 0.15) is 15.8 Å². The zero-order chi connectivity index (χ0) is 26.9. The summed E-state index contributed by atoms with van der Waals surface area (Å²) in [6.07, 6.45) is 3.36. The third-order valence-corrected chi connectivity index (χ3v) is 8.45. The van der Waals surface area contributed by atoms with Crippen LogP contribution in [0.5, 0.6) is 0 Å². The Morgan fingerprint density at radius 2 is 1.67 bits per heavy atom. The molecule has 2 aliphatic rings. The lowest BCUT2D eigenvalue weighted by Gasteiger charge is -2.37. The predicted molar refractivity (Wildman–Crippen MR) is 162 cm³/mol. The van der Waals surface area contributed by atoms with Crippen LogP contribution in [0.4, 0.5) is 11.5 Å². The SMILES string of the molecule is O=C1/C(=C\c2c(N3CCN(c4cccc(Cl)c4)CC3)nc3ccccn3c2=O)SC(=S)N1Cc1ccccc1. The lowest BCUT2D eigenvalue weighted by molar-refractivity contribution is -0.122. The number of thioether (sulfide) groups is 1. The first-order valence-corrected chi connectivity index (χ1v) is 14.1. The first-order chi connectivity index (χ1) is 19.0. The molecule has 10 heteroatoms. The average Bonchev–Trinajstić information content (AvgIpc) is 3.22. The quantitative estimate of drug-likeness (QED) is 0.244. The molecule has 0 spiro atoms. The van der Waals surface area contributed by atoms with Crippen molar-refractivity contribution in [3.05, 3.63) is 110 Å². The van der Waals surface area contributed by atoms with Gasteiger partial charge in [-0.25, -0.2) is 4.98 Å². The lowest BCUT2D eigenvalue weighted by Crippen LogP contribution is -2.47. The molecule has 7 nitrogen and oxygen atoms in total. The number of halogens is 1. The van der Waals surface area contributed by atoms with Gasteiger partial charge in [-0.2, -0.15) is 0 Å². The van der Waals surface area contributed by atoms with Crippen LogP contribution in [0.1, 0.15) is 11.1 Å². The molecule has 0 saturated carbocycles. The van der Waals surface area contributed by atoms with Gasteiger partial charge in [-0.1, -0.05) is 78.0 Å². The van der Waals surface area contributed by atoms with Crippen molar-refractivity contribution in [3.63, 3.8) is 0 Å². The van der Waals surface area contributed by atoms with Crippen LogP contribution >= 0.6 is 35.6 Å². The summed E-state index contributed by atoms with van der Waals surface area (Å²) in [4.78, 5) is 38.4. The fraction of sp³-hybridized carbons (Fsp3) is 0.172. The molecule has 4 heterocycles. The molecule has 0 aliphatic carbocycles. The van der Waals surface area contributed by atoms with Gasteiger partial charge in [-0.05, 0) is 42.0 Å². The Morgan fingerprint density at radius 3 is 2.44 bits per heavy atom. The van der Waals surface area contributed by atoms with Crippen molar-refractivity contribution in [2.75, 3.05) is 36.0 Å². The van der Waals surface area contributed by atoms with Gasteiger partial charge in [0.2, 0.25) is 0 Å².